The van der Waals surface area contributed by atoms with Gasteiger partial charge in [-0.2, -0.15) is 0 Å². The van der Waals surface area contributed by atoms with E-state index in [-0.39, 0.29) is 41.6 Å². The van der Waals surface area contributed by atoms with Crippen molar-refractivity contribution >= 4 is 11.8 Å². The van der Waals surface area contributed by atoms with Gasteiger partial charge in [0, 0.05) is 6.42 Å². The van der Waals surface area contributed by atoms with E-state index < -0.39 is 0 Å². The van der Waals surface area contributed by atoms with Crippen molar-refractivity contribution in [2.24, 2.45) is 11.8 Å². The highest BCUT2D eigenvalue weighted by Crippen LogP contribution is 2.36. The number of hydrogen-bond acceptors (Lipinski definition) is 5. The van der Waals surface area contributed by atoms with Crippen LogP contribution < -0.4 is 4.74 Å². The lowest BCUT2D eigenvalue weighted by atomic mass is 9.80. The first-order valence-corrected chi connectivity index (χ1v) is 11.0. The van der Waals surface area contributed by atoms with Crippen molar-refractivity contribution in [3.8, 4) is 5.75 Å². The standard InChI is InChI=1S/C24H30O5/c1-2-16-8-10-18(11-9-16)28-22-15-27-21-14-19(12-13-20(21)23(22)25)29-24(26)17-6-4-3-5-7-17/h8-11,15,17,19-21H,2-7,12-14H2,1H3. The number of ether oxygens (including phenoxy) is 3. The number of ketones is 1. The molecule has 156 valence electrons. The lowest BCUT2D eigenvalue weighted by Crippen LogP contribution is -2.43. The van der Waals surface area contributed by atoms with Gasteiger partial charge in [0.1, 0.15) is 24.2 Å². The van der Waals surface area contributed by atoms with Crippen LogP contribution in [0.4, 0.5) is 0 Å². The summed E-state index contributed by atoms with van der Waals surface area (Å²) in [6.07, 6.45) is 9.24. The summed E-state index contributed by atoms with van der Waals surface area (Å²) in [5.41, 5.74) is 1.22. The predicted molar refractivity (Wildman–Crippen MR) is 108 cm³/mol. The summed E-state index contributed by atoms with van der Waals surface area (Å²) in [6, 6.07) is 7.75. The van der Waals surface area contributed by atoms with Crippen molar-refractivity contribution in [3.63, 3.8) is 0 Å². The fourth-order valence-corrected chi connectivity index (χ4v) is 4.63. The third kappa shape index (κ3) is 4.65. The number of hydrogen-bond donors (Lipinski definition) is 0. The average molecular weight is 398 g/mol. The molecule has 1 aromatic rings. The van der Waals surface area contributed by atoms with Crippen LogP contribution in [-0.2, 0) is 25.5 Å². The van der Waals surface area contributed by atoms with Gasteiger partial charge in [-0.15, -0.1) is 0 Å². The average Bonchev–Trinajstić information content (AvgIpc) is 2.77. The van der Waals surface area contributed by atoms with Gasteiger partial charge >= 0.3 is 5.97 Å². The Kier molecular flexibility index (Phi) is 6.22. The van der Waals surface area contributed by atoms with Crippen molar-refractivity contribution in [3.05, 3.63) is 41.9 Å². The highest BCUT2D eigenvalue weighted by molar-refractivity contribution is 5.96. The van der Waals surface area contributed by atoms with Crippen LogP contribution in [0.3, 0.4) is 0 Å². The van der Waals surface area contributed by atoms with Gasteiger partial charge in [-0.05, 0) is 49.8 Å². The zero-order valence-electron chi connectivity index (χ0n) is 17.1. The summed E-state index contributed by atoms with van der Waals surface area (Å²) < 4.78 is 17.4. The van der Waals surface area contributed by atoms with Crippen LogP contribution in [-0.4, -0.2) is 24.0 Å². The molecule has 5 heteroatoms. The summed E-state index contributed by atoms with van der Waals surface area (Å²) in [6.45, 7) is 2.10. The minimum Gasteiger partial charge on any atom is -0.493 e. The van der Waals surface area contributed by atoms with Crippen molar-refractivity contribution in [2.75, 3.05) is 0 Å². The van der Waals surface area contributed by atoms with Crippen molar-refractivity contribution in [1.29, 1.82) is 0 Å². The Morgan fingerprint density at radius 1 is 1.07 bits per heavy atom. The molecule has 2 aliphatic carbocycles. The lowest BCUT2D eigenvalue weighted by Gasteiger charge is -2.37. The van der Waals surface area contributed by atoms with Gasteiger partial charge in [-0.3, -0.25) is 9.59 Å². The van der Waals surface area contributed by atoms with E-state index in [1.54, 1.807) is 0 Å². The van der Waals surface area contributed by atoms with Crippen molar-refractivity contribution in [1.82, 2.24) is 0 Å². The van der Waals surface area contributed by atoms with Crippen LogP contribution >= 0.6 is 0 Å². The third-order valence-electron chi connectivity index (χ3n) is 6.45. The summed E-state index contributed by atoms with van der Waals surface area (Å²) >= 11 is 0. The molecule has 0 spiro atoms. The quantitative estimate of drug-likeness (QED) is 0.671. The minimum absolute atomic E-state index is 0.0159. The number of rotatable bonds is 5. The highest BCUT2D eigenvalue weighted by atomic mass is 16.6. The Balaban J connectivity index is 1.33. The Morgan fingerprint density at radius 3 is 2.55 bits per heavy atom. The molecule has 3 aliphatic rings. The van der Waals surface area contributed by atoms with Crippen LogP contribution in [0.1, 0.15) is 63.9 Å². The molecule has 1 aliphatic heterocycles. The van der Waals surface area contributed by atoms with E-state index in [4.69, 9.17) is 14.2 Å². The summed E-state index contributed by atoms with van der Waals surface area (Å²) in [5.74, 6) is 0.638. The first-order valence-electron chi connectivity index (χ1n) is 11.0. The molecule has 0 aromatic heterocycles. The van der Waals surface area contributed by atoms with E-state index >= 15 is 0 Å². The second-order valence-electron chi connectivity index (χ2n) is 8.43. The number of esters is 1. The Bertz CT molecular complexity index is 760. The normalized spacial score (nSPS) is 27.4. The van der Waals surface area contributed by atoms with Crippen LogP contribution in [0, 0.1) is 11.8 Å². The lowest BCUT2D eigenvalue weighted by molar-refractivity contribution is -0.160. The maximum absolute atomic E-state index is 12.9. The highest BCUT2D eigenvalue weighted by Gasteiger charge is 2.42. The molecule has 1 aromatic carbocycles. The van der Waals surface area contributed by atoms with Gasteiger partial charge in [-0.25, -0.2) is 0 Å². The number of fused-ring (bicyclic) bond motifs is 1. The van der Waals surface area contributed by atoms with E-state index in [1.165, 1.54) is 18.2 Å². The van der Waals surface area contributed by atoms with Crippen LogP contribution in [0.2, 0.25) is 0 Å². The number of benzene rings is 1. The van der Waals surface area contributed by atoms with E-state index in [0.29, 0.717) is 25.0 Å². The summed E-state index contributed by atoms with van der Waals surface area (Å²) in [7, 11) is 0. The summed E-state index contributed by atoms with van der Waals surface area (Å²) in [4.78, 5) is 25.3. The number of carbonyl (C=O) groups excluding carboxylic acids is 2. The molecule has 2 saturated carbocycles. The van der Waals surface area contributed by atoms with E-state index in [0.717, 1.165) is 32.1 Å². The largest absolute Gasteiger partial charge is 0.493 e. The van der Waals surface area contributed by atoms with E-state index in [2.05, 4.69) is 6.92 Å². The van der Waals surface area contributed by atoms with Gasteiger partial charge in [0.05, 0.1) is 11.8 Å². The fourth-order valence-electron chi connectivity index (χ4n) is 4.63. The Labute approximate surface area is 172 Å². The molecule has 1 heterocycles. The molecule has 2 fully saturated rings. The Morgan fingerprint density at radius 2 is 1.83 bits per heavy atom. The molecule has 0 saturated heterocycles. The smallest absolute Gasteiger partial charge is 0.309 e. The third-order valence-corrected chi connectivity index (χ3v) is 6.45. The van der Waals surface area contributed by atoms with Crippen molar-refractivity contribution < 1.29 is 23.8 Å². The molecule has 3 atom stereocenters. The van der Waals surface area contributed by atoms with E-state index in [9.17, 15) is 9.59 Å². The molecule has 4 rings (SSSR count). The zero-order valence-corrected chi connectivity index (χ0v) is 17.1. The summed E-state index contributed by atoms with van der Waals surface area (Å²) in [5, 5.41) is 0. The number of Topliss-reactive ketones (excluding diaryl/α,β-unsaturated/α-hetero) is 1. The fraction of sp³-hybridized carbons (Fsp3) is 0.583. The molecule has 5 nitrogen and oxygen atoms in total. The van der Waals surface area contributed by atoms with Gasteiger partial charge in [-0.1, -0.05) is 38.3 Å². The second kappa shape index (κ2) is 9.02. The number of aryl methyl sites for hydroxylation is 1. The molecule has 3 unspecified atom stereocenters. The van der Waals surface area contributed by atoms with Crippen LogP contribution in [0.15, 0.2) is 36.3 Å². The zero-order chi connectivity index (χ0) is 20.2. The molecule has 29 heavy (non-hydrogen) atoms. The number of allylic oxidation sites excluding steroid dienone is 1. The Hall–Kier alpha value is -2.30. The molecular weight excluding hydrogens is 368 g/mol. The van der Waals surface area contributed by atoms with Crippen LogP contribution in [0.5, 0.6) is 5.75 Å². The van der Waals surface area contributed by atoms with Gasteiger partial charge < -0.3 is 14.2 Å². The first kappa shape index (κ1) is 20.0. The van der Waals surface area contributed by atoms with Gasteiger partial charge in [0.25, 0.3) is 0 Å². The van der Waals surface area contributed by atoms with Crippen LogP contribution in [0.25, 0.3) is 0 Å². The topological polar surface area (TPSA) is 61.8 Å². The van der Waals surface area contributed by atoms with E-state index in [1.807, 2.05) is 24.3 Å². The molecule has 0 radical (unpaired) electrons. The maximum atomic E-state index is 12.9. The second-order valence-corrected chi connectivity index (χ2v) is 8.43. The molecule has 0 amide bonds. The van der Waals surface area contributed by atoms with Gasteiger partial charge in [0.15, 0.2) is 0 Å². The van der Waals surface area contributed by atoms with Gasteiger partial charge in [0.2, 0.25) is 11.5 Å². The monoisotopic (exact) mass is 398 g/mol. The molecule has 0 N–H and O–H groups in total. The number of carbonyl (C=O) groups is 2. The first-order chi connectivity index (χ1) is 14.1. The SMILES string of the molecule is CCc1ccc(OC2=COC3CC(OC(=O)C4CCCCC4)CCC3C2=O)cc1. The molecular formula is C24H30O5. The van der Waals surface area contributed by atoms with Crippen molar-refractivity contribution in [2.45, 2.75) is 76.9 Å². The molecule has 0 bridgehead atoms. The predicted octanol–water partition coefficient (Wildman–Crippen LogP) is 4.73. The maximum Gasteiger partial charge on any atom is 0.309 e. The minimum atomic E-state index is -0.241.